The molecule has 0 aliphatic carbocycles. The van der Waals surface area contributed by atoms with Crippen molar-refractivity contribution in [2.75, 3.05) is 50.8 Å². The minimum Gasteiger partial charge on any atom is -0.454 e. The number of nitrogens with two attached hydrogens (primary N) is 1. The first-order valence-corrected chi connectivity index (χ1v) is 8.89. The van der Waals surface area contributed by atoms with E-state index in [1.807, 2.05) is 0 Å². The molecule has 0 saturated carbocycles. The van der Waals surface area contributed by atoms with Crippen LogP contribution in [0.1, 0.15) is 6.42 Å². The molecular formula is C19H24FN5O2. The number of carbonyl (C=O) groups is 1. The van der Waals surface area contributed by atoms with Crippen LogP contribution in [0.25, 0.3) is 0 Å². The maximum atomic E-state index is 13.9. The zero-order chi connectivity index (χ0) is 19.2. The Hall–Kier alpha value is -2.71. The van der Waals surface area contributed by atoms with Gasteiger partial charge in [0.05, 0.1) is 0 Å². The molecule has 1 aromatic carbocycles. The lowest BCUT2D eigenvalue weighted by Crippen LogP contribution is -2.45. The molecule has 2 aromatic rings. The average molecular weight is 373 g/mol. The number of nitrogens with zero attached hydrogens (tertiary/aromatic N) is 3. The van der Waals surface area contributed by atoms with E-state index in [1.165, 1.54) is 18.3 Å². The third-order valence-corrected chi connectivity index (χ3v) is 4.43. The number of nitrogens with one attached hydrogen (secondary N) is 1. The van der Waals surface area contributed by atoms with Crippen LogP contribution in [0.2, 0.25) is 0 Å². The van der Waals surface area contributed by atoms with Gasteiger partial charge in [-0.25, -0.2) is 9.37 Å². The highest BCUT2D eigenvalue weighted by Gasteiger charge is 2.15. The number of aromatic nitrogens is 1. The Morgan fingerprint density at radius 3 is 2.78 bits per heavy atom. The molecule has 0 spiro atoms. The SMILES string of the molecule is CN1CCN(CCC(=O)Nc2cc(Oc3ccc(N)cc3F)ccn2)CC1. The van der Waals surface area contributed by atoms with Gasteiger partial charge < -0.3 is 25.6 Å². The number of benzene rings is 1. The van der Waals surface area contributed by atoms with E-state index in [1.54, 1.807) is 18.2 Å². The molecule has 1 saturated heterocycles. The van der Waals surface area contributed by atoms with Crippen LogP contribution >= 0.6 is 0 Å². The van der Waals surface area contributed by atoms with Gasteiger partial charge in [-0.2, -0.15) is 0 Å². The van der Waals surface area contributed by atoms with Gasteiger partial charge in [-0.15, -0.1) is 0 Å². The van der Waals surface area contributed by atoms with Crippen molar-refractivity contribution in [3.05, 3.63) is 42.3 Å². The fourth-order valence-corrected chi connectivity index (χ4v) is 2.81. The van der Waals surface area contributed by atoms with Crippen molar-refractivity contribution in [2.24, 2.45) is 0 Å². The van der Waals surface area contributed by atoms with Gasteiger partial charge in [0, 0.05) is 63.2 Å². The third kappa shape index (κ3) is 5.63. The Kier molecular flexibility index (Phi) is 6.20. The van der Waals surface area contributed by atoms with E-state index in [9.17, 15) is 9.18 Å². The highest BCUT2D eigenvalue weighted by atomic mass is 19.1. The summed E-state index contributed by atoms with van der Waals surface area (Å²) in [4.78, 5) is 20.8. The van der Waals surface area contributed by atoms with Gasteiger partial charge >= 0.3 is 0 Å². The lowest BCUT2D eigenvalue weighted by Gasteiger charge is -2.32. The summed E-state index contributed by atoms with van der Waals surface area (Å²) in [5.41, 5.74) is 5.85. The number of carbonyl (C=O) groups excluding carboxylic acids is 1. The molecular weight excluding hydrogens is 349 g/mol. The Morgan fingerprint density at radius 2 is 2.04 bits per heavy atom. The van der Waals surface area contributed by atoms with Crippen LogP contribution in [0.3, 0.4) is 0 Å². The molecule has 0 bridgehead atoms. The second-order valence-electron chi connectivity index (χ2n) is 6.61. The van der Waals surface area contributed by atoms with Crippen LogP contribution in [-0.2, 0) is 4.79 Å². The third-order valence-electron chi connectivity index (χ3n) is 4.43. The highest BCUT2D eigenvalue weighted by Crippen LogP contribution is 2.26. The van der Waals surface area contributed by atoms with Crippen molar-refractivity contribution < 1.29 is 13.9 Å². The van der Waals surface area contributed by atoms with Gasteiger partial charge in [-0.1, -0.05) is 0 Å². The molecule has 0 unspecified atom stereocenters. The van der Waals surface area contributed by atoms with Crippen molar-refractivity contribution in [1.82, 2.24) is 14.8 Å². The first-order valence-electron chi connectivity index (χ1n) is 8.89. The summed E-state index contributed by atoms with van der Waals surface area (Å²) in [7, 11) is 2.10. The Bertz CT molecular complexity index is 793. The van der Waals surface area contributed by atoms with E-state index >= 15 is 0 Å². The summed E-state index contributed by atoms with van der Waals surface area (Å²) in [5, 5.41) is 2.76. The second-order valence-corrected chi connectivity index (χ2v) is 6.61. The van der Waals surface area contributed by atoms with E-state index < -0.39 is 5.82 Å². The molecule has 1 amide bonds. The van der Waals surface area contributed by atoms with Crippen LogP contribution in [-0.4, -0.2) is 60.5 Å². The largest absolute Gasteiger partial charge is 0.454 e. The Balaban J connectivity index is 1.53. The molecule has 0 radical (unpaired) electrons. The molecule has 1 aliphatic heterocycles. The summed E-state index contributed by atoms with van der Waals surface area (Å²) in [6.45, 7) is 4.69. The predicted molar refractivity (Wildman–Crippen MR) is 102 cm³/mol. The van der Waals surface area contributed by atoms with Gasteiger partial charge in [0.1, 0.15) is 11.6 Å². The Morgan fingerprint density at radius 1 is 1.26 bits per heavy atom. The van der Waals surface area contributed by atoms with Crippen molar-refractivity contribution in [2.45, 2.75) is 6.42 Å². The first-order chi connectivity index (χ1) is 13.0. The fraction of sp³-hybridized carbons (Fsp3) is 0.368. The number of anilines is 2. The molecule has 144 valence electrons. The van der Waals surface area contributed by atoms with Gasteiger partial charge in [0.2, 0.25) is 5.91 Å². The second kappa shape index (κ2) is 8.79. The minimum absolute atomic E-state index is 0.0581. The van der Waals surface area contributed by atoms with E-state index in [2.05, 4.69) is 27.1 Å². The van der Waals surface area contributed by atoms with E-state index in [0.29, 0.717) is 30.2 Å². The summed E-state index contributed by atoms with van der Waals surface area (Å²) in [6, 6.07) is 7.36. The molecule has 1 aliphatic rings. The van der Waals surface area contributed by atoms with Crippen molar-refractivity contribution in [3.8, 4) is 11.5 Å². The number of nitrogen functional groups attached to an aromatic ring is 1. The predicted octanol–water partition coefficient (Wildman–Crippen LogP) is 2.17. The minimum atomic E-state index is -0.551. The summed E-state index contributed by atoms with van der Waals surface area (Å²) in [5.74, 6) is 0.138. The maximum absolute atomic E-state index is 13.9. The number of halogens is 1. The molecule has 1 fully saturated rings. The van der Waals surface area contributed by atoms with Crippen LogP contribution in [0, 0.1) is 5.82 Å². The van der Waals surface area contributed by atoms with Gasteiger partial charge in [0.25, 0.3) is 0 Å². The van der Waals surface area contributed by atoms with E-state index in [4.69, 9.17) is 10.5 Å². The smallest absolute Gasteiger partial charge is 0.226 e. The zero-order valence-corrected chi connectivity index (χ0v) is 15.3. The molecule has 3 rings (SSSR count). The van der Waals surface area contributed by atoms with E-state index in [-0.39, 0.29) is 11.7 Å². The van der Waals surface area contributed by atoms with Crippen LogP contribution in [0.4, 0.5) is 15.9 Å². The standard InChI is InChI=1S/C19H24FN5O2/c1-24-8-10-25(11-9-24)7-5-19(26)23-18-13-15(4-6-22-18)27-17-3-2-14(21)12-16(17)20/h2-4,6,12-13H,5,7-11,21H2,1H3,(H,22,23,26). The first kappa shape index (κ1) is 19.1. The fourth-order valence-electron chi connectivity index (χ4n) is 2.81. The number of likely N-dealkylation sites (N-methyl/N-ethyl adjacent to an activating group) is 1. The maximum Gasteiger partial charge on any atom is 0.226 e. The Labute approximate surface area is 157 Å². The topological polar surface area (TPSA) is 83.7 Å². The molecule has 0 atom stereocenters. The number of piperazine rings is 1. The number of ether oxygens (including phenoxy) is 1. The normalized spacial score (nSPS) is 15.5. The molecule has 7 nitrogen and oxygen atoms in total. The zero-order valence-electron chi connectivity index (χ0n) is 15.3. The molecule has 27 heavy (non-hydrogen) atoms. The van der Waals surface area contributed by atoms with Crippen molar-refractivity contribution in [1.29, 1.82) is 0 Å². The van der Waals surface area contributed by atoms with Crippen molar-refractivity contribution in [3.63, 3.8) is 0 Å². The molecule has 3 N–H and O–H groups in total. The van der Waals surface area contributed by atoms with Crippen molar-refractivity contribution >= 4 is 17.4 Å². The average Bonchev–Trinajstić information content (AvgIpc) is 2.64. The number of pyridine rings is 1. The number of hydrogen-bond acceptors (Lipinski definition) is 6. The highest BCUT2D eigenvalue weighted by molar-refractivity contribution is 5.90. The molecule has 2 heterocycles. The van der Waals surface area contributed by atoms with Crippen LogP contribution in [0.15, 0.2) is 36.5 Å². The number of hydrogen-bond donors (Lipinski definition) is 2. The summed E-state index contributed by atoms with van der Waals surface area (Å²) in [6.07, 6.45) is 1.89. The quantitative estimate of drug-likeness (QED) is 0.755. The van der Waals surface area contributed by atoms with E-state index in [0.717, 1.165) is 26.2 Å². The van der Waals surface area contributed by atoms with Gasteiger partial charge in [-0.3, -0.25) is 4.79 Å². The number of amides is 1. The van der Waals surface area contributed by atoms with Gasteiger partial charge in [-0.05, 0) is 25.2 Å². The lowest BCUT2D eigenvalue weighted by atomic mass is 10.3. The molecule has 1 aromatic heterocycles. The lowest BCUT2D eigenvalue weighted by molar-refractivity contribution is -0.116. The monoisotopic (exact) mass is 373 g/mol. The molecule has 8 heteroatoms. The number of rotatable bonds is 6. The van der Waals surface area contributed by atoms with Crippen LogP contribution < -0.4 is 15.8 Å². The summed E-state index contributed by atoms with van der Waals surface area (Å²) < 4.78 is 19.4. The summed E-state index contributed by atoms with van der Waals surface area (Å²) >= 11 is 0. The van der Waals surface area contributed by atoms with Gasteiger partial charge in [0.15, 0.2) is 11.6 Å². The van der Waals surface area contributed by atoms with Crippen LogP contribution in [0.5, 0.6) is 11.5 Å².